The second-order valence-corrected chi connectivity index (χ2v) is 7.61. The molecular formula is C26H28N2O3. The van der Waals surface area contributed by atoms with Crippen molar-refractivity contribution in [2.45, 2.75) is 33.4 Å². The summed E-state index contributed by atoms with van der Waals surface area (Å²) in [7, 11) is 1.65. The predicted octanol–water partition coefficient (Wildman–Crippen LogP) is 5.71. The van der Waals surface area contributed by atoms with Crippen LogP contribution in [-0.2, 0) is 13.2 Å². The fourth-order valence-corrected chi connectivity index (χ4v) is 3.59. The van der Waals surface area contributed by atoms with E-state index < -0.39 is 0 Å². The molecule has 1 heterocycles. The second-order valence-electron chi connectivity index (χ2n) is 7.61. The third kappa shape index (κ3) is 5.00. The van der Waals surface area contributed by atoms with Gasteiger partial charge in [-0.25, -0.2) is 4.98 Å². The van der Waals surface area contributed by atoms with Crippen LogP contribution in [0.25, 0.3) is 11.0 Å². The van der Waals surface area contributed by atoms with Crippen molar-refractivity contribution in [2.75, 3.05) is 13.7 Å². The number of para-hydroxylation sites is 2. The van der Waals surface area contributed by atoms with Gasteiger partial charge in [0.25, 0.3) is 0 Å². The van der Waals surface area contributed by atoms with E-state index >= 15 is 0 Å². The van der Waals surface area contributed by atoms with Crippen LogP contribution in [0.4, 0.5) is 0 Å². The maximum Gasteiger partial charge on any atom is 0.147 e. The first-order valence-corrected chi connectivity index (χ1v) is 10.5. The lowest BCUT2D eigenvalue weighted by Crippen LogP contribution is -2.10. The maximum atomic E-state index is 6.04. The first kappa shape index (κ1) is 20.8. The minimum Gasteiger partial charge on any atom is -0.497 e. The number of fused-ring (bicyclic) bond motifs is 1. The lowest BCUT2D eigenvalue weighted by Gasteiger charge is -2.13. The summed E-state index contributed by atoms with van der Waals surface area (Å²) in [6.45, 7) is 6.00. The van der Waals surface area contributed by atoms with Crippen molar-refractivity contribution in [3.8, 4) is 17.2 Å². The number of methoxy groups -OCH3 is 1. The molecule has 0 spiro atoms. The second kappa shape index (κ2) is 9.56. The van der Waals surface area contributed by atoms with Gasteiger partial charge in [0.2, 0.25) is 0 Å². The highest BCUT2D eigenvalue weighted by Gasteiger charge is 2.11. The van der Waals surface area contributed by atoms with E-state index in [2.05, 4.69) is 42.7 Å². The van der Waals surface area contributed by atoms with Crippen LogP contribution in [0.15, 0.2) is 66.7 Å². The Morgan fingerprint density at radius 2 is 1.71 bits per heavy atom. The van der Waals surface area contributed by atoms with Crippen molar-refractivity contribution in [2.24, 2.45) is 0 Å². The number of rotatable bonds is 9. The zero-order valence-electron chi connectivity index (χ0n) is 18.3. The van der Waals surface area contributed by atoms with Gasteiger partial charge < -0.3 is 18.8 Å². The molecule has 0 radical (unpaired) electrons. The summed E-state index contributed by atoms with van der Waals surface area (Å²) in [4.78, 5) is 4.80. The minimum atomic E-state index is 0.389. The van der Waals surface area contributed by atoms with E-state index in [0.29, 0.717) is 13.2 Å². The molecule has 0 unspecified atom stereocenters. The summed E-state index contributed by atoms with van der Waals surface area (Å²) in [5.41, 5.74) is 4.45. The highest BCUT2D eigenvalue weighted by atomic mass is 16.5. The Bertz CT molecular complexity index is 1170. The van der Waals surface area contributed by atoms with Crippen molar-refractivity contribution in [1.82, 2.24) is 9.55 Å². The number of imidazole rings is 1. The van der Waals surface area contributed by atoms with Gasteiger partial charge in [-0.3, -0.25) is 0 Å². The molecule has 160 valence electrons. The average molecular weight is 417 g/mol. The van der Waals surface area contributed by atoms with E-state index in [1.807, 2.05) is 42.5 Å². The number of benzene rings is 3. The lowest BCUT2D eigenvalue weighted by molar-refractivity contribution is 0.278. The molecule has 0 saturated heterocycles. The van der Waals surface area contributed by atoms with Crippen molar-refractivity contribution >= 4 is 11.0 Å². The molecule has 1 aromatic heterocycles. The molecule has 5 nitrogen and oxygen atoms in total. The zero-order chi connectivity index (χ0) is 21.6. The number of aryl methyl sites for hydroxylation is 3. The molecule has 31 heavy (non-hydrogen) atoms. The first-order valence-electron chi connectivity index (χ1n) is 10.5. The standard InChI is InChI=1S/C26H28N2O3/c1-19-12-13-20(2)25(16-19)30-15-7-14-28-24-11-5-4-10-23(24)27-26(28)18-31-22-9-6-8-21(17-22)29-3/h4-6,8-13,16-17H,7,14-15,18H2,1-3H3. The smallest absolute Gasteiger partial charge is 0.147 e. The molecule has 0 fully saturated rings. The molecule has 0 atom stereocenters. The van der Waals surface area contributed by atoms with Gasteiger partial charge in [-0.2, -0.15) is 0 Å². The first-order chi connectivity index (χ1) is 15.1. The molecule has 0 aliphatic heterocycles. The number of aromatic nitrogens is 2. The maximum absolute atomic E-state index is 6.04. The third-order valence-corrected chi connectivity index (χ3v) is 5.27. The topological polar surface area (TPSA) is 45.5 Å². The van der Waals surface area contributed by atoms with E-state index in [1.54, 1.807) is 7.11 Å². The molecule has 0 aliphatic carbocycles. The van der Waals surface area contributed by atoms with E-state index in [0.717, 1.165) is 52.6 Å². The fourth-order valence-electron chi connectivity index (χ4n) is 3.59. The predicted molar refractivity (Wildman–Crippen MR) is 123 cm³/mol. The van der Waals surface area contributed by atoms with Gasteiger partial charge in [0, 0.05) is 12.6 Å². The Kier molecular flexibility index (Phi) is 6.41. The van der Waals surface area contributed by atoms with Crippen LogP contribution < -0.4 is 14.2 Å². The largest absolute Gasteiger partial charge is 0.497 e. The van der Waals surface area contributed by atoms with Crippen molar-refractivity contribution in [1.29, 1.82) is 0 Å². The van der Waals surface area contributed by atoms with Crippen LogP contribution in [0, 0.1) is 13.8 Å². The summed E-state index contributed by atoms with van der Waals surface area (Å²) in [6.07, 6.45) is 0.875. The molecule has 0 aliphatic rings. The van der Waals surface area contributed by atoms with Crippen molar-refractivity contribution in [3.05, 3.63) is 83.7 Å². The molecule has 5 heteroatoms. The number of hydrogen-bond acceptors (Lipinski definition) is 4. The molecule has 0 bridgehead atoms. The van der Waals surface area contributed by atoms with E-state index in [4.69, 9.17) is 19.2 Å². The lowest BCUT2D eigenvalue weighted by atomic mass is 10.1. The quantitative estimate of drug-likeness (QED) is 0.328. The number of ether oxygens (including phenoxy) is 3. The van der Waals surface area contributed by atoms with E-state index in [-0.39, 0.29) is 0 Å². The van der Waals surface area contributed by atoms with Gasteiger partial charge in [-0.15, -0.1) is 0 Å². The molecule has 0 amide bonds. The van der Waals surface area contributed by atoms with E-state index in [1.165, 1.54) is 5.56 Å². The molecule has 0 saturated carbocycles. The molecule has 3 aromatic carbocycles. The van der Waals surface area contributed by atoms with Crippen LogP contribution in [0.2, 0.25) is 0 Å². The van der Waals surface area contributed by atoms with Gasteiger partial charge in [-0.1, -0.05) is 30.3 Å². The molecule has 4 rings (SSSR count). The minimum absolute atomic E-state index is 0.389. The van der Waals surface area contributed by atoms with Crippen LogP contribution in [0.5, 0.6) is 17.2 Å². The van der Waals surface area contributed by atoms with Gasteiger partial charge in [0.1, 0.15) is 29.7 Å². The highest BCUT2D eigenvalue weighted by molar-refractivity contribution is 5.75. The Hall–Kier alpha value is -3.47. The summed E-state index contributed by atoms with van der Waals surface area (Å²) >= 11 is 0. The van der Waals surface area contributed by atoms with E-state index in [9.17, 15) is 0 Å². The summed E-state index contributed by atoms with van der Waals surface area (Å²) < 4.78 is 19.6. The zero-order valence-corrected chi connectivity index (χ0v) is 18.3. The summed E-state index contributed by atoms with van der Waals surface area (Å²) in [6, 6.07) is 22.1. The van der Waals surface area contributed by atoms with Crippen LogP contribution in [0.3, 0.4) is 0 Å². The van der Waals surface area contributed by atoms with Gasteiger partial charge in [0.15, 0.2) is 0 Å². The number of hydrogen-bond donors (Lipinski definition) is 0. The Morgan fingerprint density at radius 1 is 0.871 bits per heavy atom. The van der Waals surface area contributed by atoms with Gasteiger partial charge >= 0.3 is 0 Å². The SMILES string of the molecule is COc1cccc(OCc2nc3ccccc3n2CCCOc2cc(C)ccc2C)c1. The highest BCUT2D eigenvalue weighted by Crippen LogP contribution is 2.23. The fraction of sp³-hybridized carbons (Fsp3) is 0.269. The molecular weight excluding hydrogens is 388 g/mol. The average Bonchev–Trinajstić information content (AvgIpc) is 3.15. The Morgan fingerprint density at radius 3 is 2.58 bits per heavy atom. The molecule has 4 aromatic rings. The molecule has 0 N–H and O–H groups in total. The monoisotopic (exact) mass is 416 g/mol. The van der Waals surface area contributed by atoms with Crippen molar-refractivity contribution in [3.63, 3.8) is 0 Å². The number of nitrogens with zero attached hydrogens (tertiary/aromatic N) is 2. The normalized spacial score (nSPS) is 10.9. The van der Waals surface area contributed by atoms with Crippen LogP contribution in [0.1, 0.15) is 23.4 Å². The Balaban J connectivity index is 1.45. The Labute approximate surface area is 183 Å². The van der Waals surface area contributed by atoms with Gasteiger partial charge in [0.05, 0.1) is 24.8 Å². The van der Waals surface area contributed by atoms with Gasteiger partial charge in [-0.05, 0) is 61.7 Å². The third-order valence-electron chi connectivity index (χ3n) is 5.27. The van der Waals surface area contributed by atoms with Crippen molar-refractivity contribution < 1.29 is 14.2 Å². The summed E-state index contributed by atoms with van der Waals surface area (Å²) in [5, 5.41) is 0. The summed E-state index contributed by atoms with van der Waals surface area (Å²) in [5.74, 6) is 3.39. The van der Waals surface area contributed by atoms with Crippen LogP contribution in [-0.4, -0.2) is 23.3 Å². The van der Waals surface area contributed by atoms with Crippen LogP contribution >= 0.6 is 0 Å².